The summed E-state index contributed by atoms with van der Waals surface area (Å²) in [6.07, 6.45) is 15.4. The Morgan fingerprint density at radius 1 is 0.824 bits per heavy atom. The molecule has 0 amide bonds. The van der Waals surface area contributed by atoms with Crippen molar-refractivity contribution in [3.8, 4) is 0 Å². The zero-order valence-corrected chi connectivity index (χ0v) is 9.42. The third kappa shape index (κ3) is 2.30. The van der Waals surface area contributed by atoms with Crippen LogP contribution in [0.15, 0.2) is 49.8 Å². The Hall–Kier alpha value is -2.24. The SMILES string of the molecule is C1=CN(Cn2ccnc2)CN1Cn1ccnc1. The third-order valence-corrected chi connectivity index (χ3v) is 2.66. The Kier molecular flexibility index (Phi) is 2.53. The van der Waals surface area contributed by atoms with Crippen LogP contribution >= 0.6 is 0 Å². The molecule has 0 atom stereocenters. The van der Waals surface area contributed by atoms with Crippen molar-refractivity contribution >= 4 is 0 Å². The maximum Gasteiger partial charge on any atom is 0.0967 e. The molecule has 0 N–H and O–H groups in total. The van der Waals surface area contributed by atoms with E-state index >= 15 is 0 Å². The molecule has 1 aliphatic rings. The van der Waals surface area contributed by atoms with Crippen LogP contribution in [0.2, 0.25) is 0 Å². The van der Waals surface area contributed by atoms with Gasteiger partial charge in [-0.25, -0.2) is 9.97 Å². The second kappa shape index (κ2) is 4.32. The molecule has 0 aliphatic carbocycles. The number of aromatic nitrogens is 4. The van der Waals surface area contributed by atoms with Gasteiger partial charge < -0.3 is 18.9 Å². The van der Waals surface area contributed by atoms with Gasteiger partial charge in [0.25, 0.3) is 0 Å². The summed E-state index contributed by atoms with van der Waals surface area (Å²) in [5, 5.41) is 0. The second-order valence-electron chi connectivity index (χ2n) is 4.05. The lowest BCUT2D eigenvalue weighted by Crippen LogP contribution is -2.28. The molecule has 6 nitrogen and oxygen atoms in total. The van der Waals surface area contributed by atoms with E-state index in [4.69, 9.17) is 0 Å². The van der Waals surface area contributed by atoms with Gasteiger partial charge in [-0.05, 0) is 0 Å². The second-order valence-corrected chi connectivity index (χ2v) is 4.05. The first-order chi connectivity index (χ1) is 8.40. The minimum Gasteiger partial charge on any atom is -0.341 e. The summed E-state index contributed by atoms with van der Waals surface area (Å²) in [6.45, 7) is 2.55. The van der Waals surface area contributed by atoms with Gasteiger partial charge >= 0.3 is 0 Å². The molecule has 1 aliphatic heterocycles. The highest BCUT2D eigenvalue weighted by molar-refractivity contribution is 4.90. The van der Waals surface area contributed by atoms with Gasteiger partial charge in [-0.3, -0.25) is 0 Å². The van der Waals surface area contributed by atoms with Crippen LogP contribution in [-0.4, -0.2) is 35.6 Å². The van der Waals surface area contributed by atoms with Crippen molar-refractivity contribution in [3.05, 3.63) is 49.8 Å². The molecule has 3 rings (SSSR count). The number of nitrogens with zero attached hydrogens (tertiary/aromatic N) is 6. The number of rotatable bonds is 4. The Labute approximate surface area is 99.4 Å². The first-order valence-corrected chi connectivity index (χ1v) is 5.48. The van der Waals surface area contributed by atoms with E-state index in [1.54, 1.807) is 12.4 Å². The monoisotopic (exact) mass is 230 g/mol. The first-order valence-electron chi connectivity index (χ1n) is 5.48. The number of imidazole rings is 2. The molecule has 0 bridgehead atoms. The Balaban J connectivity index is 1.54. The highest BCUT2D eigenvalue weighted by atomic mass is 15.4. The molecule has 0 radical (unpaired) electrons. The molecule has 88 valence electrons. The maximum atomic E-state index is 4.03. The van der Waals surface area contributed by atoms with E-state index in [0.29, 0.717) is 0 Å². The van der Waals surface area contributed by atoms with Gasteiger partial charge in [0.1, 0.15) is 0 Å². The number of hydrogen-bond acceptors (Lipinski definition) is 4. The van der Waals surface area contributed by atoms with Crippen molar-refractivity contribution in [2.45, 2.75) is 13.3 Å². The average molecular weight is 230 g/mol. The highest BCUT2D eigenvalue weighted by Gasteiger charge is 2.11. The van der Waals surface area contributed by atoms with E-state index in [-0.39, 0.29) is 0 Å². The lowest BCUT2D eigenvalue weighted by Gasteiger charge is -2.21. The predicted molar refractivity (Wildman–Crippen MR) is 62.1 cm³/mol. The summed E-state index contributed by atoms with van der Waals surface area (Å²) < 4.78 is 4.09. The van der Waals surface area contributed by atoms with Crippen molar-refractivity contribution in [3.63, 3.8) is 0 Å². The molecular formula is C11H14N6. The van der Waals surface area contributed by atoms with E-state index in [1.165, 1.54) is 0 Å². The summed E-state index contributed by atoms with van der Waals surface area (Å²) >= 11 is 0. The zero-order chi connectivity index (χ0) is 11.5. The average Bonchev–Trinajstić information content (AvgIpc) is 3.02. The molecule has 3 heterocycles. The molecule has 0 saturated heterocycles. The van der Waals surface area contributed by atoms with Gasteiger partial charge in [0, 0.05) is 37.2 Å². The maximum absolute atomic E-state index is 4.03. The van der Waals surface area contributed by atoms with Crippen LogP contribution in [0.25, 0.3) is 0 Å². The van der Waals surface area contributed by atoms with Crippen LogP contribution in [0.4, 0.5) is 0 Å². The van der Waals surface area contributed by atoms with Gasteiger partial charge in [-0.2, -0.15) is 0 Å². The fraction of sp³-hybridized carbons (Fsp3) is 0.273. The van der Waals surface area contributed by atoms with Crippen LogP contribution in [-0.2, 0) is 13.3 Å². The lowest BCUT2D eigenvalue weighted by molar-refractivity contribution is 0.200. The molecule has 0 aromatic carbocycles. The van der Waals surface area contributed by atoms with Crippen molar-refractivity contribution in [1.29, 1.82) is 0 Å². The Morgan fingerprint density at radius 2 is 1.35 bits per heavy atom. The fourth-order valence-electron chi connectivity index (χ4n) is 1.86. The molecule has 6 heteroatoms. The lowest BCUT2D eigenvalue weighted by atomic mass is 10.7. The van der Waals surface area contributed by atoms with Crippen LogP contribution in [0.1, 0.15) is 0 Å². The molecule has 17 heavy (non-hydrogen) atoms. The van der Waals surface area contributed by atoms with Crippen molar-refractivity contribution in [2.24, 2.45) is 0 Å². The topological polar surface area (TPSA) is 42.1 Å². The molecule has 0 saturated carbocycles. The van der Waals surface area contributed by atoms with Crippen molar-refractivity contribution < 1.29 is 0 Å². The predicted octanol–water partition coefficient (Wildman–Crippen LogP) is 0.741. The van der Waals surface area contributed by atoms with E-state index < -0.39 is 0 Å². The van der Waals surface area contributed by atoms with Crippen LogP contribution < -0.4 is 0 Å². The normalized spacial score (nSPS) is 14.8. The van der Waals surface area contributed by atoms with Crippen molar-refractivity contribution in [1.82, 2.24) is 28.9 Å². The zero-order valence-electron chi connectivity index (χ0n) is 9.42. The largest absolute Gasteiger partial charge is 0.341 e. The van der Waals surface area contributed by atoms with Gasteiger partial charge in [0.05, 0.1) is 32.7 Å². The van der Waals surface area contributed by atoms with E-state index in [2.05, 4.69) is 32.2 Å². The van der Waals surface area contributed by atoms with Crippen LogP contribution in [0.3, 0.4) is 0 Å². The van der Waals surface area contributed by atoms with E-state index in [1.807, 2.05) is 34.2 Å². The Morgan fingerprint density at radius 3 is 1.76 bits per heavy atom. The molecule has 2 aromatic heterocycles. The summed E-state index contributed by atoms with van der Waals surface area (Å²) in [5.41, 5.74) is 0. The van der Waals surface area contributed by atoms with Crippen LogP contribution in [0, 0.1) is 0 Å². The standard InChI is InChI=1S/C11H14N6/c1-3-14(7-12-1)9-16-5-6-17(11-16)10-15-4-2-13-8-15/h1-8H,9-11H2. The van der Waals surface area contributed by atoms with Gasteiger partial charge in [0.15, 0.2) is 0 Å². The summed E-state index contributed by atoms with van der Waals surface area (Å²) in [7, 11) is 0. The molecular weight excluding hydrogens is 216 g/mol. The minimum atomic E-state index is 0.830. The highest BCUT2D eigenvalue weighted by Crippen LogP contribution is 2.09. The fourth-order valence-corrected chi connectivity index (χ4v) is 1.86. The van der Waals surface area contributed by atoms with Crippen molar-refractivity contribution in [2.75, 3.05) is 6.67 Å². The molecule has 0 fully saturated rings. The van der Waals surface area contributed by atoms with Gasteiger partial charge in [0.2, 0.25) is 0 Å². The smallest absolute Gasteiger partial charge is 0.0967 e. The number of hydrogen-bond donors (Lipinski definition) is 0. The summed E-state index contributed by atoms with van der Waals surface area (Å²) in [5.74, 6) is 0. The summed E-state index contributed by atoms with van der Waals surface area (Å²) in [4.78, 5) is 12.5. The minimum absolute atomic E-state index is 0.830. The molecule has 2 aromatic rings. The quantitative estimate of drug-likeness (QED) is 0.777. The third-order valence-electron chi connectivity index (χ3n) is 2.66. The Bertz CT molecular complexity index is 428. The van der Waals surface area contributed by atoms with Gasteiger partial charge in [-0.15, -0.1) is 0 Å². The van der Waals surface area contributed by atoms with Gasteiger partial charge in [-0.1, -0.05) is 0 Å². The van der Waals surface area contributed by atoms with Crippen LogP contribution in [0.5, 0.6) is 0 Å². The van der Waals surface area contributed by atoms with E-state index in [0.717, 1.165) is 20.0 Å². The van der Waals surface area contributed by atoms with E-state index in [9.17, 15) is 0 Å². The summed E-state index contributed by atoms with van der Waals surface area (Å²) in [6, 6.07) is 0. The molecule has 0 spiro atoms. The molecule has 0 unspecified atom stereocenters. The first kappa shape index (κ1) is 9.95.